The molecule has 0 unspecified atom stereocenters. The summed E-state index contributed by atoms with van der Waals surface area (Å²) in [6, 6.07) is 4.39. The average Bonchev–Trinajstić information content (AvgIpc) is 2.83. The largest absolute Gasteiger partial charge is 0.508 e. The van der Waals surface area contributed by atoms with Crippen molar-refractivity contribution in [1.29, 1.82) is 0 Å². The molecule has 2 N–H and O–H groups in total. The summed E-state index contributed by atoms with van der Waals surface area (Å²) in [7, 11) is 0. The Hall–Kier alpha value is -1.02. The van der Waals surface area contributed by atoms with Crippen LogP contribution in [0.15, 0.2) is 12.1 Å². The lowest BCUT2D eigenvalue weighted by molar-refractivity contribution is -0.0226. The van der Waals surface area contributed by atoms with Crippen LogP contribution in [0.1, 0.15) is 75.5 Å². The van der Waals surface area contributed by atoms with Gasteiger partial charge in [-0.25, -0.2) is 0 Å². The van der Waals surface area contributed by atoms with Crippen molar-refractivity contribution in [2.75, 3.05) is 0 Å². The molecule has 0 spiro atoms. The van der Waals surface area contributed by atoms with Crippen LogP contribution in [0.3, 0.4) is 0 Å². The van der Waals surface area contributed by atoms with Crippen LogP contribution < -0.4 is 0 Å². The van der Waals surface area contributed by atoms with E-state index >= 15 is 0 Å². The summed E-state index contributed by atoms with van der Waals surface area (Å²) >= 11 is 0. The van der Waals surface area contributed by atoms with Gasteiger partial charge in [0.25, 0.3) is 0 Å². The molecule has 3 aliphatic carbocycles. The number of phenolic OH excluding ortho intramolecular Hbond substituents is 1. The van der Waals surface area contributed by atoms with Gasteiger partial charge in [-0.15, -0.1) is 0 Å². The highest BCUT2D eigenvalue weighted by atomic mass is 16.3. The fraction of sp³-hybridized carbons (Fsp3) is 0.727. The Morgan fingerprint density at radius 3 is 2.71 bits per heavy atom. The predicted molar refractivity (Wildman–Crippen MR) is 97.3 cm³/mol. The maximum Gasteiger partial charge on any atom is 0.119 e. The zero-order valence-corrected chi connectivity index (χ0v) is 15.4. The van der Waals surface area contributed by atoms with Gasteiger partial charge in [0.05, 0.1) is 6.10 Å². The lowest BCUT2D eigenvalue weighted by atomic mass is 9.55. The third-order valence-corrected chi connectivity index (χ3v) is 7.50. The lowest BCUT2D eigenvalue weighted by Gasteiger charge is -2.50. The summed E-state index contributed by atoms with van der Waals surface area (Å²) < 4.78 is 0. The van der Waals surface area contributed by atoms with Crippen LogP contribution >= 0.6 is 0 Å². The van der Waals surface area contributed by atoms with E-state index in [9.17, 15) is 10.2 Å². The molecule has 4 rings (SSSR count). The molecule has 132 valence electrons. The van der Waals surface area contributed by atoms with Crippen molar-refractivity contribution in [3.63, 3.8) is 0 Å². The maximum atomic E-state index is 10.5. The number of hydrogen-bond acceptors (Lipinski definition) is 2. The summed E-state index contributed by atoms with van der Waals surface area (Å²) in [5.41, 5.74) is 4.17. The molecule has 0 saturated heterocycles. The highest BCUT2D eigenvalue weighted by Gasteiger charge is 2.54. The van der Waals surface area contributed by atoms with Crippen molar-refractivity contribution in [1.82, 2.24) is 0 Å². The van der Waals surface area contributed by atoms with Crippen molar-refractivity contribution in [2.24, 2.45) is 23.2 Å². The smallest absolute Gasteiger partial charge is 0.119 e. The fourth-order valence-electron chi connectivity index (χ4n) is 6.23. The number of aliphatic hydroxyl groups excluding tert-OH is 1. The van der Waals surface area contributed by atoms with Gasteiger partial charge in [0, 0.05) is 0 Å². The normalized spacial score (nSPS) is 37.9. The molecule has 0 aromatic heterocycles. The molecule has 5 atom stereocenters. The van der Waals surface area contributed by atoms with Gasteiger partial charge in [0.2, 0.25) is 0 Å². The van der Waals surface area contributed by atoms with Gasteiger partial charge in [-0.2, -0.15) is 0 Å². The first-order chi connectivity index (χ1) is 11.4. The van der Waals surface area contributed by atoms with Gasteiger partial charge in [0.1, 0.15) is 5.75 Å². The minimum atomic E-state index is -0.0961. The Morgan fingerprint density at radius 2 is 1.96 bits per heavy atom. The van der Waals surface area contributed by atoms with Crippen LogP contribution in [0, 0.1) is 23.2 Å². The van der Waals surface area contributed by atoms with Crippen molar-refractivity contribution in [3.05, 3.63) is 28.8 Å². The predicted octanol–water partition coefficient (Wildman–Crippen LogP) is 4.81. The Kier molecular flexibility index (Phi) is 3.95. The number of aryl methyl sites for hydroxylation is 1. The fourth-order valence-corrected chi connectivity index (χ4v) is 6.23. The second-order valence-corrected chi connectivity index (χ2v) is 9.33. The Balaban J connectivity index is 1.69. The Bertz CT molecular complexity index is 635. The number of phenols is 1. The zero-order chi connectivity index (χ0) is 17.1. The van der Waals surface area contributed by atoms with E-state index < -0.39 is 0 Å². The third-order valence-electron chi connectivity index (χ3n) is 7.50. The average molecular weight is 328 g/mol. The maximum absolute atomic E-state index is 10.5. The van der Waals surface area contributed by atoms with Crippen molar-refractivity contribution in [3.8, 4) is 5.75 Å². The van der Waals surface area contributed by atoms with Crippen LogP contribution in [-0.4, -0.2) is 16.3 Å². The highest BCUT2D eigenvalue weighted by molar-refractivity contribution is 5.45. The molecular weight excluding hydrogens is 296 g/mol. The van der Waals surface area contributed by atoms with Crippen molar-refractivity contribution >= 4 is 0 Å². The molecule has 3 aliphatic rings. The number of hydrogen-bond donors (Lipinski definition) is 2. The Morgan fingerprint density at radius 1 is 1.17 bits per heavy atom. The molecular formula is C22H32O2. The molecule has 0 heterocycles. The molecule has 2 fully saturated rings. The number of benzene rings is 1. The zero-order valence-electron chi connectivity index (χ0n) is 15.4. The van der Waals surface area contributed by atoms with Crippen molar-refractivity contribution < 1.29 is 10.2 Å². The first-order valence-electron chi connectivity index (χ1n) is 9.93. The van der Waals surface area contributed by atoms with E-state index in [0.29, 0.717) is 23.5 Å². The van der Waals surface area contributed by atoms with Gasteiger partial charge in [0.15, 0.2) is 0 Å². The molecule has 0 radical (unpaired) electrons. The van der Waals surface area contributed by atoms with E-state index in [1.165, 1.54) is 30.4 Å². The summed E-state index contributed by atoms with van der Waals surface area (Å²) in [6.07, 6.45) is 7.73. The molecule has 2 nitrogen and oxygen atoms in total. The van der Waals surface area contributed by atoms with Gasteiger partial charge < -0.3 is 10.2 Å². The number of aliphatic hydroxyl groups is 1. The second-order valence-electron chi connectivity index (χ2n) is 9.33. The monoisotopic (exact) mass is 328 g/mol. The highest BCUT2D eigenvalue weighted by Crippen LogP contribution is 2.61. The van der Waals surface area contributed by atoms with Gasteiger partial charge in [-0.1, -0.05) is 26.8 Å². The van der Waals surface area contributed by atoms with Gasteiger partial charge >= 0.3 is 0 Å². The minimum absolute atomic E-state index is 0.0961. The van der Waals surface area contributed by atoms with E-state index in [4.69, 9.17) is 0 Å². The van der Waals surface area contributed by atoms with Crippen LogP contribution in [0.2, 0.25) is 0 Å². The summed E-state index contributed by atoms with van der Waals surface area (Å²) in [4.78, 5) is 0. The topological polar surface area (TPSA) is 40.5 Å². The molecule has 2 saturated carbocycles. The van der Waals surface area contributed by atoms with E-state index in [-0.39, 0.29) is 11.5 Å². The van der Waals surface area contributed by atoms with Gasteiger partial charge in [-0.05, 0) is 96.8 Å². The first kappa shape index (κ1) is 16.4. The number of fused-ring (bicyclic) bond motifs is 5. The Labute approximate surface area is 146 Å². The molecule has 24 heavy (non-hydrogen) atoms. The second kappa shape index (κ2) is 5.76. The molecule has 1 aromatic carbocycles. The molecule has 1 aromatic rings. The van der Waals surface area contributed by atoms with E-state index in [1.54, 1.807) is 0 Å². The van der Waals surface area contributed by atoms with Crippen LogP contribution in [-0.2, 0) is 12.8 Å². The quantitative estimate of drug-likeness (QED) is 0.818. The number of aromatic hydroxyl groups is 1. The van der Waals surface area contributed by atoms with Crippen LogP contribution in [0.25, 0.3) is 0 Å². The number of rotatable bonds is 2. The van der Waals surface area contributed by atoms with Crippen molar-refractivity contribution in [2.45, 2.75) is 77.7 Å². The summed E-state index contributed by atoms with van der Waals surface area (Å²) in [6.45, 7) is 6.77. The first-order valence-corrected chi connectivity index (χ1v) is 9.93. The molecule has 0 bridgehead atoms. The summed E-state index contributed by atoms with van der Waals surface area (Å²) in [5.74, 6) is 3.11. The SMILES string of the molecule is CC(C)Cc1cc2c(cc1O)CC[C@@H]1[C@@H]2CC[C@]2(C)[C@@H]1CC[C@@H]2O. The van der Waals surface area contributed by atoms with E-state index in [0.717, 1.165) is 37.2 Å². The molecule has 0 amide bonds. The van der Waals surface area contributed by atoms with E-state index in [1.807, 2.05) is 0 Å². The molecule has 0 aliphatic heterocycles. The van der Waals surface area contributed by atoms with Crippen LogP contribution in [0.5, 0.6) is 5.75 Å². The third kappa shape index (κ3) is 2.41. The lowest BCUT2D eigenvalue weighted by Crippen LogP contribution is -2.43. The minimum Gasteiger partial charge on any atom is -0.508 e. The standard InChI is InChI=1S/C22H32O2/c1-13(2)10-15-11-18-14(12-20(15)23)4-5-17-16(18)8-9-22(3)19(17)6-7-21(22)24/h11-13,16-17,19,21,23-24H,4-10H2,1-3H3/t16-,17+,19+,21-,22+/m0/s1. The van der Waals surface area contributed by atoms with E-state index in [2.05, 4.69) is 32.9 Å². The van der Waals surface area contributed by atoms with Crippen LogP contribution in [0.4, 0.5) is 0 Å². The molecule has 2 heteroatoms. The van der Waals surface area contributed by atoms with Gasteiger partial charge in [-0.3, -0.25) is 0 Å². The summed E-state index contributed by atoms with van der Waals surface area (Å²) in [5, 5.41) is 20.9.